The van der Waals surface area contributed by atoms with Crippen LogP contribution in [0.1, 0.15) is 33.1 Å². The van der Waals surface area contributed by atoms with Crippen LogP contribution >= 0.6 is 0 Å². The second-order valence-corrected chi connectivity index (χ2v) is 4.06. The Labute approximate surface area is 114 Å². The van der Waals surface area contributed by atoms with E-state index in [9.17, 15) is 14.4 Å². The van der Waals surface area contributed by atoms with Crippen LogP contribution < -0.4 is 10.6 Å². The van der Waals surface area contributed by atoms with Gasteiger partial charge in [0.2, 0.25) is 11.8 Å². The average molecular weight is 266 g/mol. The molecule has 1 unspecified atom stereocenters. The molecule has 19 heavy (non-hydrogen) atoms. The summed E-state index contributed by atoms with van der Waals surface area (Å²) in [6.45, 7) is 3.73. The number of rotatable bonds is 8. The molecule has 0 bridgehead atoms. The molecule has 0 aliphatic carbocycles. The zero-order chi connectivity index (χ0) is 14.7. The average Bonchev–Trinajstić information content (AvgIpc) is 2.42. The number of carbonyl (C=O) groups excluding carboxylic acids is 3. The van der Waals surface area contributed by atoms with Crippen LogP contribution in [0.4, 0.5) is 0 Å². The largest absolute Gasteiger partial charge is 0.359 e. The van der Waals surface area contributed by atoms with E-state index in [-0.39, 0.29) is 24.7 Å². The van der Waals surface area contributed by atoms with Gasteiger partial charge in [-0.05, 0) is 25.8 Å². The molecular weight excluding hydrogens is 244 g/mol. The monoisotopic (exact) mass is 266 g/mol. The topological polar surface area (TPSA) is 75.3 Å². The van der Waals surface area contributed by atoms with Crippen LogP contribution in [0.3, 0.4) is 0 Å². The maximum atomic E-state index is 11.7. The first-order valence-corrected chi connectivity index (χ1v) is 6.30. The summed E-state index contributed by atoms with van der Waals surface area (Å²) < 4.78 is 0. The Hall–Kier alpha value is -1.91. The summed E-state index contributed by atoms with van der Waals surface area (Å²) in [5.74, 6) is -0.371. The summed E-state index contributed by atoms with van der Waals surface area (Å²) >= 11 is 0. The number of amides is 2. The summed E-state index contributed by atoms with van der Waals surface area (Å²) in [5.41, 5.74) is 0.885. The van der Waals surface area contributed by atoms with Crippen molar-refractivity contribution in [1.29, 1.82) is 0 Å². The summed E-state index contributed by atoms with van der Waals surface area (Å²) in [7, 11) is 1.53. The van der Waals surface area contributed by atoms with Gasteiger partial charge in [0.05, 0.1) is 12.5 Å². The van der Waals surface area contributed by atoms with Gasteiger partial charge < -0.3 is 15.4 Å². The standard InChI is InChI=1S/C14H22N2O3/c1-4-6-11(5-2)9-14(19)16-12(10-17)7-8-13(18)15-3/h4-6,10,12H,7-9H2,1-3H3,(H,15,18)(H,16,19)/b6-4-,11-5+. The molecule has 0 aromatic heterocycles. The predicted octanol–water partition coefficient (Wildman–Crippen LogP) is 1.11. The second kappa shape index (κ2) is 10.1. The molecule has 0 heterocycles. The normalized spacial score (nSPS) is 13.1. The SMILES string of the molecule is C/C=C\C(=C/C)CC(=O)NC(C=O)CCC(=O)NC. The van der Waals surface area contributed by atoms with Crippen LogP contribution in [-0.2, 0) is 14.4 Å². The van der Waals surface area contributed by atoms with Crippen molar-refractivity contribution in [3.05, 3.63) is 23.8 Å². The van der Waals surface area contributed by atoms with Crippen molar-refractivity contribution < 1.29 is 14.4 Å². The van der Waals surface area contributed by atoms with E-state index >= 15 is 0 Å². The van der Waals surface area contributed by atoms with E-state index in [4.69, 9.17) is 0 Å². The smallest absolute Gasteiger partial charge is 0.224 e. The fraction of sp³-hybridized carbons (Fsp3) is 0.500. The minimum atomic E-state index is -0.617. The highest BCUT2D eigenvalue weighted by atomic mass is 16.2. The molecule has 0 spiro atoms. The minimum absolute atomic E-state index is 0.149. The van der Waals surface area contributed by atoms with Gasteiger partial charge in [0.1, 0.15) is 6.29 Å². The lowest BCUT2D eigenvalue weighted by atomic mass is 10.1. The Morgan fingerprint density at radius 1 is 1.21 bits per heavy atom. The summed E-state index contributed by atoms with van der Waals surface area (Å²) in [6, 6.07) is -0.617. The molecule has 2 amide bonds. The number of nitrogens with one attached hydrogen (secondary N) is 2. The molecule has 106 valence electrons. The van der Waals surface area contributed by atoms with Gasteiger partial charge in [-0.2, -0.15) is 0 Å². The molecule has 0 aliphatic rings. The van der Waals surface area contributed by atoms with E-state index in [1.165, 1.54) is 7.05 Å². The Bertz CT molecular complexity index is 373. The van der Waals surface area contributed by atoms with E-state index < -0.39 is 6.04 Å². The van der Waals surface area contributed by atoms with Crippen LogP contribution in [0, 0.1) is 0 Å². The molecule has 0 aliphatic heterocycles. The van der Waals surface area contributed by atoms with Crippen LogP contribution in [0.25, 0.3) is 0 Å². The molecule has 0 saturated heterocycles. The minimum Gasteiger partial charge on any atom is -0.359 e. The predicted molar refractivity (Wildman–Crippen MR) is 74.5 cm³/mol. The number of carbonyl (C=O) groups is 3. The maximum Gasteiger partial charge on any atom is 0.224 e. The third-order valence-electron chi connectivity index (χ3n) is 2.59. The number of hydrogen-bond acceptors (Lipinski definition) is 3. The van der Waals surface area contributed by atoms with E-state index in [1.807, 2.05) is 32.1 Å². The molecule has 1 atom stereocenters. The lowest BCUT2D eigenvalue weighted by Gasteiger charge is -2.12. The third kappa shape index (κ3) is 7.91. The fourth-order valence-electron chi connectivity index (χ4n) is 1.50. The van der Waals surface area contributed by atoms with Crippen LogP contribution in [-0.4, -0.2) is 31.2 Å². The maximum absolute atomic E-state index is 11.7. The Morgan fingerprint density at radius 3 is 2.37 bits per heavy atom. The van der Waals surface area contributed by atoms with Crippen molar-refractivity contribution in [2.75, 3.05) is 7.05 Å². The van der Waals surface area contributed by atoms with Gasteiger partial charge in [0.25, 0.3) is 0 Å². The Morgan fingerprint density at radius 2 is 1.89 bits per heavy atom. The Kier molecular flexibility index (Phi) is 9.04. The summed E-state index contributed by atoms with van der Waals surface area (Å²) in [6.07, 6.45) is 6.96. The first-order chi connectivity index (χ1) is 9.07. The summed E-state index contributed by atoms with van der Waals surface area (Å²) in [5, 5.41) is 5.08. The highest BCUT2D eigenvalue weighted by Crippen LogP contribution is 2.04. The lowest BCUT2D eigenvalue weighted by Crippen LogP contribution is -2.37. The second-order valence-electron chi connectivity index (χ2n) is 4.06. The Balaban J connectivity index is 4.27. The van der Waals surface area contributed by atoms with Crippen molar-refractivity contribution in [2.45, 2.75) is 39.2 Å². The van der Waals surface area contributed by atoms with E-state index in [2.05, 4.69) is 10.6 Å². The highest BCUT2D eigenvalue weighted by Gasteiger charge is 2.13. The van der Waals surface area contributed by atoms with Gasteiger partial charge >= 0.3 is 0 Å². The number of aldehydes is 1. The molecule has 0 aromatic rings. The molecular formula is C14H22N2O3. The number of hydrogen-bond donors (Lipinski definition) is 2. The van der Waals surface area contributed by atoms with Crippen molar-refractivity contribution in [1.82, 2.24) is 10.6 Å². The van der Waals surface area contributed by atoms with Crippen molar-refractivity contribution >= 4 is 18.1 Å². The van der Waals surface area contributed by atoms with Gasteiger partial charge in [-0.1, -0.05) is 18.2 Å². The lowest BCUT2D eigenvalue weighted by molar-refractivity contribution is -0.124. The van der Waals surface area contributed by atoms with Gasteiger partial charge in [-0.25, -0.2) is 0 Å². The van der Waals surface area contributed by atoms with Crippen LogP contribution in [0.2, 0.25) is 0 Å². The summed E-state index contributed by atoms with van der Waals surface area (Å²) in [4.78, 5) is 33.6. The van der Waals surface area contributed by atoms with E-state index in [1.54, 1.807) is 0 Å². The van der Waals surface area contributed by atoms with Gasteiger partial charge in [-0.3, -0.25) is 9.59 Å². The quantitative estimate of drug-likeness (QED) is 0.510. The molecule has 0 radical (unpaired) electrons. The molecule has 0 rings (SSSR count). The first-order valence-electron chi connectivity index (χ1n) is 6.30. The molecule has 5 nitrogen and oxygen atoms in total. The molecule has 0 saturated carbocycles. The molecule has 0 fully saturated rings. The highest BCUT2D eigenvalue weighted by molar-refractivity contribution is 5.82. The zero-order valence-corrected chi connectivity index (χ0v) is 11.7. The zero-order valence-electron chi connectivity index (χ0n) is 11.7. The van der Waals surface area contributed by atoms with Crippen LogP contribution in [0.15, 0.2) is 23.8 Å². The van der Waals surface area contributed by atoms with Crippen molar-refractivity contribution in [3.8, 4) is 0 Å². The van der Waals surface area contributed by atoms with E-state index in [0.717, 1.165) is 5.57 Å². The fourth-order valence-corrected chi connectivity index (χ4v) is 1.50. The first kappa shape index (κ1) is 17.1. The van der Waals surface area contributed by atoms with Crippen molar-refractivity contribution in [3.63, 3.8) is 0 Å². The molecule has 5 heteroatoms. The molecule has 0 aromatic carbocycles. The van der Waals surface area contributed by atoms with Crippen LogP contribution in [0.5, 0.6) is 0 Å². The third-order valence-corrected chi connectivity index (χ3v) is 2.59. The van der Waals surface area contributed by atoms with Gasteiger partial charge in [0.15, 0.2) is 0 Å². The van der Waals surface area contributed by atoms with Gasteiger partial charge in [0, 0.05) is 13.5 Å². The van der Waals surface area contributed by atoms with Crippen molar-refractivity contribution in [2.24, 2.45) is 0 Å². The molecule has 2 N–H and O–H groups in total. The van der Waals surface area contributed by atoms with E-state index in [0.29, 0.717) is 12.7 Å². The van der Waals surface area contributed by atoms with Gasteiger partial charge in [-0.15, -0.1) is 0 Å². The number of allylic oxidation sites excluding steroid dienone is 3.